The molecule has 0 aliphatic carbocycles. The number of ether oxygens (including phenoxy) is 1. The molecule has 1 amide bonds. The van der Waals surface area contributed by atoms with Gasteiger partial charge in [0, 0.05) is 17.7 Å². The molecule has 0 aliphatic heterocycles. The van der Waals surface area contributed by atoms with Crippen molar-refractivity contribution in [2.24, 2.45) is 5.73 Å². The van der Waals surface area contributed by atoms with Crippen molar-refractivity contribution in [2.45, 2.75) is 32.7 Å². The number of carbonyl (C=O) groups is 1. The Labute approximate surface area is 108 Å². The van der Waals surface area contributed by atoms with Crippen LogP contribution in [0, 0.1) is 0 Å². The molecule has 5 heteroatoms. The molecule has 3 N–H and O–H groups in total. The fraction of sp³-hybridized carbons (Fsp3) is 0.538. The number of amides is 1. The van der Waals surface area contributed by atoms with E-state index in [1.807, 2.05) is 26.8 Å². The first-order valence-electron chi connectivity index (χ1n) is 5.99. The van der Waals surface area contributed by atoms with E-state index in [9.17, 15) is 4.79 Å². The minimum Gasteiger partial charge on any atom is -0.482 e. The minimum atomic E-state index is -0.246. The van der Waals surface area contributed by atoms with Crippen LogP contribution in [0.3, 0.4) is 0 Å². The number of carbonyl (C=O) groups excluding carboxylic acids is 1. The van der Waals surface area contributed by atoms with Crippen LogP contribution in [0.25, 0.3) is 0 Å². The number of hydrogen-bond acceptors (Lipinski definition) is 4. The van der Waals surface area contributed by atoms with E-state index in [1.165, 1.54) is 0 Å². The van der Waals surface area contributed by atoms with Gasteiger partial charge in [0.15, 0.2) is 6.61 Å². The van der Waals surface area contributed by atoms with Gasteiger partial charge in [-0.1, -0.05) is 0 Å². The van der Waals surface area contributed by atoms with Crippen molar-refractivity contribution in [3.63, 3.8) is 0 Å². The van der Waals surface area contributed by atoms with E-state index in [4.69, 9.17) is 10.5 Å². The summed E-state index contributed by atoms with van der Waals surface area (Å²) in [7, 11) is 0. The Morgan fingerprint density at radius 1 is 1.44 bits per heavy atom. The van der Waals surface area contributed by atoms with Crippen LogP contribution >= 0.6 is 0 Å². The Morgan fingerprint density at radius 2 is 2.17 bits per heavy atom. The van der Waals surface area contributed by atoms with Crippen molar-refractivity contribution in [3.05, 3.63) is 24.0 Å². The summed E-state index contributed by atoms with van der Waals surface area (Å²) in [6.45, 7) is 6.34. The minimum absolute atomic E-state index is 0.00478. The first kappa shape index (κ1) is 14.4. The van der Waals surface area contributed by atoms with Crippen molar-refractivity contribution in [3.8, 4) is 5.75 Å². The highest BCUT2D eigenvalue weighted by molar-refractivity contribution is 5.78. The molecule has 1 aromatic heterocycles. The molecular formula is C13H21N3O2. The van der Waals surface area contributed by atoms with Crippen molar-refractivity contribution < 1.29 is 9.53 Å². The lowest BCUT2D eigenvalue weighted by atomic mass is 10.1. The van der Waals surface area contributed by atoms with Gasteiger partial charge in [-0.15, -0.1) is 0 Å². The van der Waals surface area contributed by atoms with Crippen LogP contribution in [0.15, 0.2) is 18.3 Å². The predicted molar refractivity (Wildman–Crippen MR) is 70.4 cm³/mol. The van der Waals surface area contributed by atoms with Gasteiger partial charge in [0.05, 0.1) is 6.20 Å². The maximum absolute atomic E-state index is 11.5. The number of hydrogen-bond donors (Lipinski definition) is 2. The number of nitrogens with zero attached hydrogens (tertiary/aromatic N) is 1. The zero-order valence-electron chi connectivity index (χ0n) is 11.2. The maximum atomic E-state index is 11.5. The van der Waals surface area contributed by atoms with Gasteiger partial charge in [-0.2, -0.15) is 0 Å². The largest absolute Gasteiger partial charge is 0.482 e. The molecule has 0 spiro atoms. The van der Waals surface area contributed by atoms with E-state index in [-0.39, 0.29) is 18.1 Å². The summed E-state index contributed by atoms with van der Waals surface area (Å²) in [6.07, 6.45) is 2.35. The molecule has 1 rings (SSSR count). The summed E-state index contributed by atoms with van der Waals surface area (Å²) in [6, 6.07) is 3.65. The van der Waals surface area contributed by atoms with Crippen molar-refractivity contribution in [1.82, 2.24) is 10.3 Å². The third kappa shape index (κ3) is 5.63. The van der Waals surface area contributed by atoms with Crippen LogP contribution in [0.2, 0.25) is 0 Å². The summed E-state index contributed by atoms with van der Waals surface area (Å²) >= 11 is 0. The Hall–Kier alpha value is -1.62. The molecule has 0 aromatic carbocycles. The quantitative estimate of drug-likeness (QED) is 0.814. The van der Waals surface area contributed by atoms with Crippen molar-refractivity contribution in [1.29, 1.82) is 0 Å². The van der Waals surface area contributed by atoms with E-state index >= 15 is 0 Å². The lowest BCUT2D eigenvalue weighted by molar-refractivity contribution is -0.124. The molecule has 0 bridgehead atoms. The van der Waals surface area contributed by atoms with Gasteiger partial charge >= 0.3 is 0 Å². The number of aromatic nitrogens is 1. The van der Waals surface area contributed by atoms with Crippen LogP contribution in [0.5, 0.6) is 5.75 Å². The standard InChI is InChI=1S/C13H21N3O2/c1-13(2,3)16-12(17)9-18-11-5-4-10(6-7-14)15-8-11/h4-5,8H,6-7,9,14H2,1-3H3,(H,16,17). The molecule has 0 aliphatic rings. The first-order valence-corrected chi connectivity index (χ1v) is 5.99. The predicted octanol–water partition coefficient (Wildman–Crippen LogP) is 0.876. The molecular weight excluding hydrogens is 230 g/mol. The van der Waals surface area contributed by atoms with Crippen LogP contribution in [0.4, 0.5) is 0 Å². The molecule has 1 aromatic rings. The summed E-state index contributed by atoms with van der Waals surface area (Å²) in [4.78, 5) is 15.7. The molecule has 100 valence electrons. The van der Waals surface area contributed by atoms with E-state index in [0.717, 1.165) is 12.1 Å². The van der Waals surface area contributed by atoms with Gasteiger partial charge in [-0.05, 0) is 39.4 Å². The van der Waals surface area contributed by atoms with E-state index < -0.39 is 0 Å². The van der Waals surface area contributed by atoms with Crippen LogP contribution in [-0.2, 0) is 11.2 Å². The normalized spacial score (nSPS) is 11.1. The summed E-state index contributed by atoms with van der Waals surface area (Å²) in [5.74, 6) is 0.438. The second-order valence-corrected chi connectivity index (χ2v) is 5.11. The highest BCUT2D eigenvalue weighted by Gasteiger charge is 2.13. The smallest absolute Gasteiger partial charge is 0.258 e. The third-order valence-corrected chi connectivity index (χ3v) is 2.08. The third-order valence-electron chi connectivity index (χ3n) is 2.08. The number of rotatable bonds is 5. The first-order chi connectivity index (χ1) is 8.40. The van der Waals surface area contributed by atoms with Gasteiger partial charge in [-0.3, -0.25) is 9.78 Å². The van der Waals surface area contributed by atoms with Gasteiger partial charge in [-0.25, -0.2) is 0 Å². The Bertz CT molecular complexity index is 382. The van der Waals surface area contributed by atoms with Crippen LogP contribution in [-0.4, -0.2) is 29.6 Å². The fourth-order valence-corrected chi connectivity index (χ4v) is 1.40. The molecule has 0 unspecified atom stereocenters. The highest BCUT2D eigenvalue weighted by Crippen LogP contribution is 2.09. The Morgan fingerprint density at radius 3 is 2.67 bits per heavy atom. The second kappa shape index (κ2) is 6.35. The fourth-order valence-electron chi connectivity index (χ4n) is 1.40. The average Bonchev–Trinajstić information content (AvgIpc) is 2.26. The molecule has 0 atom stereocenters. The van der Waals surface area contributed by atoms with Crippen LogP contribution < -0.4 is 15.8 Å². The topological polar surface area (TPSA) is 77.2 Å². The van der Waals surface area contributed by atoms with Gasteiger partial charge in [0.25, 0.3) is 5.91 Å². The van der Waals surface area contributed by atoms with Gasteiger partial charge in [0.2, 0.25) is 0 Å². The molecule has 5 nitrogen and oxygen atoms in total. The summed E-state index contributed by atoms with van der Waals surface area (Å²) < 4.78 is 5.34. The molecule has 0 radical (unpaired) electrons. The second-order valence-electron chi connectivity index (χ2n) is 5.11. The highest BCUT2D eigenvalue weighted by atomic mass is 16.5. The molecule has 0 fully saturated rings. The van der Waals surface area contributed by atoms with Crippen molar-refractivity contribution >= 4 is 5.91 Å². The zero-order chi connectivity index (χ0) is 13.6. The molecule has 18 heavy (non-hydrogen) atoms. The van der Waals surface area contributed by atoms with E-state index in [0.29, 0.717) is 12.3 Å². The summed E-state index contributed by atoms with van der Waals surface area (Å²) in [5, 5.41) is 2.82. The van der Waals surface area contributed by atoms with Gasteiger partial charge < -0.3 is 15.8 Å². The SMILES string of the molecule is CC(C)(C)NC(=O)COc1ccc(CCN)nc1. The number of pyridine rings is 1. The monoisotopic (exact) mass is 251 g/mol. The molecule has 1 heterocycles. The lowest BCUT2D eigenvalue weighted by Gasteiger charge is -2.20. The average molecular weight is 251 g/mol. The van der Waals surface area contributed by atoms with E-state index in [2.05, 4.69) is 10.3 Å². The van der Waals surface area contributed by atoms with Crippen molar-refractivity contribution in [2.75, 3.05) is 13.2 Å². The maximum Gasteiger partial charge on any atom is 0.258 e. The number of nitrogens with two attached hydrogens (primary N) is 1. The number of nitrogens with one attached hydrogen (secondary N) is 1. The zero-order valence-corrected chi connectivity index (χ0v) is 11.2. The Balaban J connectivity index is 2.41. The van der Waals surface area contributed by atoms with E-state index in [1.54, 1.807) is 12.3 Å². The molecule has 0 saturated heterocycles. The Kier molecular flexibility index (Phi) is 5.09. The van der Waals surface area contributed by atoms with Gasteiger partial charge in [0.1, 0.15) is 5.75 Å². The van der Waals surface area contributed by atoms with Crippen LogP contribution in [0.1, 0.15) is 26.5 Å². The molecule has 0 saturated carbocycles. The lowest BCUT2D eigenvalue weighted by Crippen LogP contribution is -2.43. The summed E-state index contributed by atoms with van der Waals surface area (Å²) in [5.41, 5.74) is 6.11.